The van der Waals surface area contributed by atoms with Crippen molar-refractivity contribution in [3.63, 3.8) is 0 Å². The van der Waals surface area contributed by atoms with Crippen LogP contribution < -0.4 is 15.2 Å². The third kappa shape index (κ3) is 3.45. The van der Waals surface area contributed by atoms with E-state index in [1.807, 2.05) is 37.3 Å². The molecule has 2 rings (SSSR count). The van der Waals surface area contributed by atoms with Crippen molar-refractivity contribution in [3.8, 4) is 17.2 Å². The molecule has 0 aliphatic heterocycles. The van der Waals surface area contributed by atoms with Crippen molar-refractivity contribution in [1.82, 2.24) is 4.98 Å². The molecule has 1 aromatic heterocycles. The van der Waals surface area contributed by atoms with Gasteiger partial charge in [0.05, 0.1) is 23.5 Å². The van der Waals surface area contributed by atoms with Crippen LogP contribution in [0.4, 0.5) is 0 Å². The van der Waals surface area contributed by atoms with Crippen molar-refractivity contribution in [3.05, 3.63) is 46.7 Å². The molecule has 0 aliphatic carbocycles. The van der Waals surface area contributed by atoms with Crippen LogP contribution in [-0.2, 0) is 0 Å². The summed E-state index contributed by atoms with van der Waals surface area (Å²) >= 11 is 3.44. The Morgan fingerprint density at radius 1 is 1.21 bits per heavy atom. The van der Waals surface area contributed by atoms with E-state index in [1.165, 1.54) is 0 Å². The van der Waals surface area contributed by atoms with E-state index in [1.54, 1.807) is 13.3 Å². The van der Waals surface area contributed by atoms with Crippen LogP contribution in [0.2, 0.25) is 0 Å². The van der Waals surface area contributed by atoms with E-state index >= 15 is 0 Å². The van der Waals surface area contributed by atoms with Gasteiger partial charge in [0.2, 0.25) is 0 Å². The smallest absolute Gasteiger partial charge is 0.145 e. The maximum atomic E-state index is 5.75. The van der Waals surface area contributed by atoms with Gasteiger partial charge in [0, 0.05) is 6.04 Å². The van der Waals surface area contributed by atoms with Gasteiger partial charge in [-0.05, 0) is 53.2 Å². The second-order valence-corrected chi connectivity index (χ2v) is 4.96. The lowest BCUT2D eigenvalue weighted by molar-refractivity contribution is 0.412. The summed E-state index contributed by atoms with van der Waals surface area (Å²) in [6, 6.07) is 9.15. The average molecular weight is 323 g/mol. The SMILES string of the molecule is COc1ccc(Oc2ccc([C@@H](C)N)nc2)c(Br)c1. The molecule has 0 aliphatic rings. The lowest BCUT2D eigenvalue weighted by atomic mass is 10.2. The van der Waals surface area contributed by atoms with Gasteiger partial charge in [-0.2, -0.15) is 0 Å². The zero-order valence-electron chi connectivity index (χ0n) is 10.8. The van der Waals surface area contributed by atoms with Gasteiger partial charge in [-0.15, -0.1) is 0 Å². The molecule has 100 valence electrons. The molecule has 1 atom stereocenters. The maximum absolute atomic E-state index is 5.75. The predicted octanol–water partition coefficient (Wildman–Crippen LogP) is 3.66. The third-order valence-corrected chi connectivity index (χ3v) is 3.21. The number of nitrogens with two attached hydrogens (primary N) is 1. The summed E-state index contributed by atoms with van der Waals surface area (Å²) in [6.07, 6.45) is 1.66. The zero-order valence-corrected chi connectivity index (χ0v) is 12.3. The van der Waals surface area contributed by atoms with Crippen molar-refractivity contribution < 1.29 is 9.47 Å². The van der Waals surface area contributed by atoms with E-state index in [-0.39, 0.29) is 6.04 Å². The second kappa shape index (κ2) is 6.04. The van der Waals surface area contributed by atoms with Gasteiger partial charge in [0.25, 0.3) is 0 Å². The van der Waals surface area contributed by atoms with E-state index in [2.05, 4.69) is 20.9 Å². The first-order chi connectivity index (χ1) is 9.10. The highest BCUT2D eigenvalue weighted by atomic mass is 79.9. The Hall–Kier alpha value is -1.59. The first kappa shape index (κ1) is 13.8. The standard InChI is InChI=1S/C14H15BrN2O2/c1-9(16)13-5-3-11(8-17-13)19-14-6-4-10(18-2)7-12(14)15/h3-9H,16H2,1-2H3/t9-/m1/s1. The van der Waals surface area contributed by atoms with Crippen LogP contribution in [0.3, 0.4) is 0 Å². The third-order valence-electron chi connectivity index (χ3n) is 2.59. The summed E-state index contributed by atoms with van der Waals surface area (Å²) in [5, 5.41) is 0. The fraction of sp³-hybridized carbons (Fsp3) is 0.214. The molecule has 0 saturated heterocycles. The molecule has 0 amide bonds. The number of aromatic nitrogens is 1. The minimum Gasteiger partial charge on any atom is -0.497 e. The highest BCUT2D eigenvalue weighted by Crippen LogP contribution is 2.32. The largest absolute Gasteiger partial charge is 0.497 e. The van der Waals surface area contributed by atoms with Gasteiger partial charge in [-0.3, -0.25) is 4.98 Å². The molecule has 2 N–H and O–H groups in total. The summed E-state index contributed by atoms with van der Waals surface area (Å²) in [4.78, 5) is 4.25. The Morgan fingerprint density at radius 3 is 2.47 bits per heavy atom. The predicted molar refractivity (Wildman–Crippen MR) is 77.6 cm³/mol. The number of halogens is 1. The highest BCUT2D eigenvalue weighted by Gasteiger charge is 2.06. The minimum absolute atomic E-state index is 0.0817. The number of pyridine rings is 1. The fourth-order valence-corrected chi connectivity index (χ4v) is 1.98. The first-order valence-corrected chi connectivity index (χ1v) is 6.62. The van der Waals surface area contributed by atoms with Gasteiger partial charge in [0.1, 0.15) is 17.2 Å². The molecule has 1 heterocycles. The normalized spacial score (nSPS) is 12.0. The number of methoxy groups -OCH3 is 1. The van der Waals surface area contributed by atoms with E-state index in [0.717, 1.165) is 15.9 Å². The zero-order chi connectivity index (χ0) is 13.8. The van der Waals surface area contributed by atoms with Crippen LogP contribution in [0, 0.1) is 0 Å². The highest BCUT2D eigenvalue weighted by molar-refractivity contribution is 9.10. The van der Waals surface area contributed by atoms with Gasteiger partial charge in [-0.1, -0.05) is 0 Å². The Labute approximate surface area is 120 Å². The van der Waals surface area contributed by atoms with Gasteiger partial charge < -0.3 is 15.2 Å². The lowest BCUT2D eigenvalue weighted by Crippen LogP contribution is -2.06. The molecule has 1 aromatic carbocycles. The molecule has 0 fully saturated rings. The lowest BCUT2D eigenvalue weighted by Gasteiger charge is -2.10. The topological polar surface area (TPSA) is 57.4 Å². The molecular formula is C14H15BrN2O2. The van der Waals surface area contributed by atoms with E-state index in [4.69, 9.17) is 15.2 Å². The van der Waals surface area contributed by atoms with E-state index in [9.17, 15) is 0 Å². The summed E-state index contributed by atoms with van der Waals surface area (Å²) in [6.45, 7) is 1.89. The maximum Gasteiger partial charge on any atom is 0.145 e. The minimum atomic E-state index is -0.0817. The number of nitrogens with zero attached hydrogens (tertiary/aromatic N) is 1. The number of ether oxygens (including phenoxy) is 2. The summed E-state index contributed by atoms with van der Waals surface area (Å²) in [5.41, 5.74) is 6.58. The molecule has 0 bridgehead atoms. The van der Waals surface area contributed by atoms with Crippen LogP contribution in [0.15, 0.2) is 41.0 Å². The van der Waals surface area contributed by atoms with Crippen LogP contribution in [0.5, 0.6) is 17.2 Å². The number of rotatable bonds is 4. The van der Waals surface area contributed by atoms with E-state index < -0.39 is 0 Å². The Morgan fingerprint density at radius 2 is 1.95 bits per heavy atom. The van der Waals surface area contributed by atoms with Gasteiger partial charge >= 0.3 is 0 Å². The molecule has 4 nitrogen and oxygen atoms in total. The van der Waals surface area contributed by atoms with E-state index in [0.29, 0.717) is 11.5 Å². The van der Waals surface area contributed by atoms with Crippen molar-refractivity contribution in [2.75, 3.05) is 7.11 Å². The molecule has 5 heteroatoms. The van der Waals surface area contributed by atoms with Crippen LogP contribution in [-0.4, -0.2) is 12.1 Å². The molecule has 2 aromatic rings. The Bertz CT molecular complexity index is 556. The van der Waals surface area contributed by atoms with Crippen LogP contribution >= 0.6 is 15.9 Å². The summed E-state index contributed by atoms with van der Waals surface area (Å²) in [5.74, 6) is 2.14. The quantitative estimate of drug-likeness (QED) is 0.933. The number of hydrogen-bond donors (Lipinski definition) is 1. The van der Waals surface area contributed by atoms with Gasteiger partial charge in [-0.25, -0.2) is 0 Å². The van der Waals surface area contributed by atoms with Crippen LogP contribution in [0.25, 0.3) is 0 Å². The Kier molecular flexibility index (Phi) is 4.39. The first-order valence-electron chi connectivity index (χ1n) is 5.83. The van der Waals surface area contributed by atoms with Crippen molar-refractivity contribution in [2.24, 2.45) is 5.73 Å². The fourth-order valence-electron chi connectivity index (χ4n) is 1.54. The molecule has 0 radical (unpaired) electrons. The van der Waals surface area contributed by atoms with Crippen molar-refractivity contribution in [1.29, 1.82) is 0 Å². The summed E-state index contributed by atoms with van der Waals surface area (Å²) < 4.78 is 11.7. The molecular weight excluding hydrogens is 308 g/mol. The van der Waals surface area contributed by atoms with Crippen molar-refractivity contribution in [2.45, 2.75) is 13.0 Å². The van der Waals surface area contributed by atoms with Gasteiger partial charge in [0.15, 0.2) is 0 Å². The molecule has 0 saturated carbocycles. The van der Waals surface area contributed by atoms with Crippen LogP contribution in [0.1, 0.15) is 18.7 Å². The molecule has 19 heavy (non-hydrogen) atoms. The Balaban J connectivity index is 2.16. The number of benzene rings is 1. The molecule has 0 unspecified atom stereocenters. The molecule has 0 spiro atoms. The second-order valence-electron chi connectivity index (χ2n) is 4.11. The monoisotopic (exact) mass is 322 g/mol. The average Bonchev–Trinajstić information content (AvgIpc) is 2.41. The summed E-state index contributed by atoms with van der Waals surface area (Å²) in [7, 11) is 1.62. The number of hydrogen-bond acceptors (Lipinski definition) is 4. The van der Waals surface area contributed by atoms with Crippen molar-refractivity contribution >= 4 is 15.9 Å².